The van der Waals surface area contributed by atoms with Crippen molar-refractivity contribution in [3.05, 3.63) is 81.5 Å². The number of nitrogens with one attached hydrogen (secondary N) is 2. The molecule has 0 fully saturated rings. The smallest absolute Gasteiger partial charge is 0.0494 e. The number of para-hydroxylation sites is 2. The SMILES string of the molecule is CCc1ccccc1NCc1ccc(CNc2ccccc2CC)s1. The summed E-state index contributed by atoms with van der Waals surface area (Å²) in [4.78, 5) is 2.73. The minimum absolute atomic E-state index is 0.882. The van der Waals surface area contributed by atoms with E-state index >= 15 is 0 Å². The van der Waals surface area contributed by atoms with Gasteiger partial charge in [0, 0.05) is 34.2 Å². The van der Waals surface area contributed by atoms with Gasteiger partial charge < -0.3 is 10.6 Å². The molecule has 0 saturated heterocycles. The van der Waals surface area contributed by atoms with Gasteiger partial charge in [-0.2, -0.15) is 0 Å². The lowest BCUT2D eigenvalue weighted by Gasteiger charge is -2.10. The van der Waals surface area contributed by atoms with Crippen LogP contribution in [0.3, 0.4) is 0 Å². The van der Waals surface area contributed by atoms with Gasteiger partial charge >= 0.3 is 0 Å². The van der Waals surface area contributed by atoms with Crippen LogP contribution < -0.4 is 10.6 Å². The fourth-order valence-corrected chi connectivity index (χ4v) is 3.88. The molecule has 2 aromatic carbocycles. The van der Waals surface area contributed by atoms with E-state index < -0.39 is 0 Å². The van der Waals surface area contributed by atoms with E-state index in [2.05, 4.69) is 85.1 Å². The summed E-state index contributed by atoms with van der Waals surface area (Å²) in [5.41, 5.74) is 5.24. The van der Waals surface area contributed by atoms with Crippen molar-refractivity contribution in [3.63, 3.8) is 0 Å². The third-order valence-corrected chi connectivity index (χ3v) is 5.51. The highest BCUT2D eigenvalue weighted by Gasteiger charge is 2.04. The molecule has 3 aromatic rings. The molecule has 0 radical (unpaired) electrons. The molecule has 2 N–H and O–H groups in total. The zero-order chi connectivity index (χ0) is 17.5. The molecule has 0 aliphatic carbocycles. The van der Waals surface area contributed by atoms with Gasteiger partial charge in [0.1, 0.15) is 0 Å². The summed E-state index contributed by atoms with van der Waals surface area (Å²) in [5, 5.41) is 7.15. The second-order valence-corrected chi connectivity index (χ2v) is 7.35. The van der Waals surface area contributed by atoms with Gasteiger partial charge in [0.25, 0.3) is 0 Å². The molecule has 2 nitrogen and oxygen atoms in total. The maximum absolute atomic E-state index is 3.58. The summed E-state index contributed by atoms with van der Waals surface area (Å²) in [7, 11) is 0. The lowest BCUT2D eigenvalue weighted by molar-refractivity contribution is 1.11. The number of anilines is 2. The van der Waals surface area contributed by atoms with E-state index in [9.17, 15) is 0 Å². The molecule has 130 valence electrons. The minimum Gasteiger partial charge on any atom is -0.380 e. The number of rotatable bonds is 8. The Bertz CT molecular complexity index is 741. The lowest BCUT2D eigenvalue weighted by atomic mass is 10.1. The Morgan fingerprint density at radius 1 is 0.640 bits per heavy atom. The van der Waals surface area contributed by atoms with Crippen LogP contribution >= 0.6 is 11.3 Å². The molecule has 1 heterocycles. The number of hydrogen-bond donors (Lipinski definition) is 2. The lowest BCUT2D eigenvalue weighted by Crippen LogP contribution is -2.01. The fraction of sp³-hybridized carbons (Fsp3) is 0.273. The Balaban J connectivity index is 1.57. The van der Waals surface area contributed by atoms with Gasteiger partial charge in [0.2, 0.25) is 0 Å². The first-order valence-corrected chi connectivity index (χ1v) is 9.83. The molecule has 0 saturated carbocycles. The molecule has 0 aliphatic heterocycles. The summed E-state index contributed by atoms with van der Waals surface area (Å²) < 4.78 is 0. The molecule has 1 aromatic heterocycles. The van der Waals surface area contributed by atoms with Crippen LogP contribution in [0.25, 0.3) is 0 Å². The molecule has 0 bridgehead atoms. The molecule has 0 spiro atoms. The summed E-state index contributed by atoms with van der Waals surface area (Å²) in [6, 6.07) is 21.6. The van der Waals surface area contributed by atoms with Crippen LogP contribution in [0.1, 0.15) is 34.7 Å². The molecular weight excluding hydrogens is 324 g/mol. The molecule has 0 aliphatic rings. The normalized spacial score (nSPS) is 10.6. The summed E-state index contributed by atoms with van der Waals surface area (Å²) in [5.74, 6) is 0. The van der Waals surface area contributed by atoms with Gasteiger partial charge in [-0.05, 0) is 48.2 Å². The maximum atomic E-state index is 3.58. The first-order valence-electron chi connectivity index (χ1n) is 9.01. The van der Waals surface area contributed by atoms with Crippen molar-refractivity contribution in [2.45, 2.75) is 39.8 Å². The molecule has 3 rings (SSSR count). The molecule has 0 atom stereocenters. The number of hydrogen-bond acceptors (Lipinski definition) is 3. The van der Waals surface area contributed by atoms with E-state index in [0.717, 1.165) is 25.9 Å². The third-order valence-electron chi connectivity index (χ3n) is 4.42. The Kier molecular flexibility index (Phi) is 6.13. The van der Waals surface area contributed by atoms with Gasteiger partial charge in [0.15, 0.2) is 0 Å². The zero-order valence-corrected chi connectivity index (χ0v) is 15.8. The van der Waals surface area contributed by atoms with Crippen LogP contribution in [-0.2, 0) is 25.9 Å². The molecule has 0 amide bonds. The molecule has 25 heavy (non-hydrogen) atoms. The van der Waals surface area contributed by atoms with E-state index in [0.29, 0.717) is 0 Å². The third kappa shape index (κ3) is 4.64. The van der Waals surface area contributed by atoms with Crippen LogP contribution in [0.5, 0.6) is 0 Å². The van der Waals surface area contributed by atoms with Crippen LogP contribution in [0.2, 0.25) is 0 Å². The predicted octanol–water partition coefficient (Wildman–Crippen LogP) is 6.10. The maximum Gasteiger partial charge on any atom is 0.0494 e. The van der Waals surface area contributed by atoms with E-state index in [-0.39, 0.29) is 0 Å². The van der Waals surface area contributed by atoms with E-state index in [1.807, 2.05) is 11.3 Å². The molecular formula is C22H26N2S. The topological polar surface area (TPSA) is 24.1 Å². The van der Waals surface area contributed by atoms with Crippen LogP contribution in [0, 0.1) is 0 Å². The highest BCUT2D eigenvalue weighted by Crippen LogP contribution is 2.22. The van der Waals surface area contributed by atoms with Gasteiger partial charge in [-0.3, -0.25) is 0 Å². The van der Waals surface area contributed by atoms with Crippen molar-refractivity contribution in [1.82, 2.24) is 0 Å². The molecule has 0 unspecified atom stereocenters. The van der Waals surface area contributed by atoms with E-state index in [1.54, 1.807) is 0 Å². The minimum atomic E-state index is 0.882. The van der Waals surface area contributed by atoms with Crippen molar-refractivity contribution < 1.29 is 0 Å². The Morgan fingerprint density at radius 2 is 1.08 bits per heavy atom. The first kappa shape index (κ1) is 17.6. The van der Waals surface area contributed by atoms with Crippen LogP contribution in [0.15, 0.2) is 60.7 Å². The van der Waals surface area contributed by atoms with Gasteiger partial charge in [-0.25, -0.2) is 0 Å². The van der Waals surface area contributed by atoms with E-state index in [4.69, 9.17) is 0 Å². The number of aryl methyl sites for hydroxylation is 2. The second-order valence-electron chi connectivity index (χ2n) is 6.10. The standard InChI is InChI=1S/C22H26N2S/c1-3-17-9-5-7-11-21(17)23-15-19-13-14-20(25-19)16-24-22-12-8-6-10-18(22)4-2/h5-14,23-24H,3-4,15-16H2,1-2H3. The second kappa shape index (κ2) is 8.72. The van der Waals surface area contributed by atoms with Crippen molar-refractivity contribution in [2.75, 3.05) is 10.6 Å². The molecule has 3 heteroatoms. The van der Waals surface area contributed by atoms with Crippen molar-refractivity contribution in [2.24, 2.45) is 0 Å². The number of thiophene rings is 1. The predicted molar refractivity (Wildman–Crippen MR) is 111 cm³/mol. The average molecular weight is 351 g/mol. The van der Waals surface area contributed by atoms with Gasteiger partial charge in [0.05, 0.1) is 0 Å². The largest absolute Gasteiger partial charge is 0.380 e. The number of benzene rings is 2. The van der Waals surface area contributed by atoms with Gasteiger partial charge in [-0.1, -0.05) is 50.2 Å². The van der Waals surface area contributed by atoms with Crippen LogP contribution in [0.4, 0.5) is 11.4 Å². The highest BCUT2D eigenvalue weighted by atomic mass is 32.1. The fourth-order valence-electron chi connectivity index (χ4n) is 2.98. The van der Waals surface area contributed by atoms with Crippen molar-refractivity contribution in [3.8, 4) is 0 Å². The summed E-state index contributed by atoms with van der Waals surface area (Å²) >= 11 is 1.87. The summed E-state index contributed by atoms with van der Waals surface area (Å²) in [6.45, 7) is 6.16. The quantitative estimate of drug-likeness (QED) is 0.513. The van der Waals surface area contributed by atoms with Crippen molar-refractivity contribution >= 4 is 22.7 Å². The average Bonchev–Trinajstić information content (AvgIpc) is 3.13. The van der Waals surface area contributed by atoms with Gasteiger partial charge in [-0.15, -0.1) is 11.3 Å². The monoisotopic (exact) mass is 350 g/mol. The highest BCUT2D eigenvalue weighted by molar-refractivity contribution is 7.12. The van der Waals surface area contributed by atoms with Crippen LogP contribution in [-0.4, -0.2) is 0 Å². The van der Waals surface area contributed by atoms with E-state index in [1.165, 1.54) is 32.3 Å². The Hall–Kier alpha value is -2.26. The zero-order valence-electron chi connectivity index (χ0n) is 15.0. The van der Waals surface area contributed by atoms with Crippen molar-refractivity contribution in [1.29, 1.82) is 0 Å². The Morgan fingerprint density at radius 3 is 1.52 bits per heavy atom. The Labute approximate surface area is 154 Å². The first-order chi connectivity index (χ1) is 12.3. The summed E-state index contributed by atoms with van der Waals surface area (Å²) in [6.07, 6.45) is 2.11.